The Labute approximate surface area is 137 Å². The summed E-state index contributed by atoms with van der Waals surface area (Å²) in [5, 5.41) is 0. The van der Waals surface area contributed by atoms with E-state index in [0.717, 1.165) is 0 Å². The average molecular weight is 322 g/mol. The van der Waals surface area contributed by atoms with Crippen molar-refractivity contribution in [1.82, 2.24) is 9.80 Å². The molecule has 3 aliphatic carbocycles. The van der Waals surface area contributed by atoms with Crippen LogP contribution in [0.4, 0.5) is 0 Å². The molecule has 4 aliphatic rings. The van der Waals surface area contributed by atoms with Crippen LogP contribution < -0.4 is 0 Å². The van der Waals surface area contributed by atoms with E-state index in [9.17, 15) is 14.4 Å². The fraction of sp³-hybridized carbons (Fsp3) is 0.824. The van der Waals surface area contributed by atoms with Crippen molar-refractivity contribution in [2.24, 2.45) is 16.2 Å². The Morgan fingerprint density at radius 3 is 1.78 bits per heavy atom. The fourth-order valence-electron chi connectivity index (χ4n) is 4.37. The minimum Gasteiger partial charge on any atom is -0.469 e. The van der Waals surface area contributed by atoms with Gasteiger partial charge in [0.1, 0.15) is 0 Å². The Morgan fingerprint density at radius 2 is 1.35 bits per heavy atom. The van der Waals surface area contributed by atoms with Crippen molar-refractivity contribution in [2.75, 3.05) is 33.3 Å². The lowest BCUT2D eigenvalue weighted by atomic mass is 9.34. The summed E-state index contributed by atoms with van der Waals surface area (Å²) in [6.45, 7) is 8.13. The van der Waals surface area contributed by atoms with Crippen molar-refractivity contribution < 1.29 is 19.1 Å². The van der Waals surface area contributed by atoms with Gasteiger partial charge in [0.15, 0.2) is 0 Å². The number of piperazine rings is 1. The maximum Gasteiger partial charge on any atom is 0.311 e. The molecule has 4 fully saturated rings. The Morgan fingerprint density at radius 1 is 0.870 bits per heavy atom. The van der Waals surface area contributed by atoms with Gasteiger partial charge in [-0.2, -0.15) is 0 Å². The number of ether oxygens (including phenoxy) is 1. The van der Waals surface area contributed by atoms with Crippen LogP contribution in [0.15, 0.2) is 0 Å². The summed E-state index contributed by atoms with van der Waals surface area (Å²) in [5.41, 5.74) is -1.09. The highest BCUT2D eigenvalue weighted by Gasteiger charge is 2.76. The predicted octanol–water partition coefficient (Wildman–Crippen LogP) is 1.05. The third kappa shape index (κ3) is 2.34. The zero-order chi connectivity index (χ0) is 17.0. The van der Waals surface area contributed by atoms with E-state index in [1.54, 1.807) is 0 Å². The summed E-state index contributed by atoms with van der Waals surface area (Å²) in [4.78, 5) is 40.5. The zero-order valence-corrected chi connectivity index (χ0v) is 14.5. The van der Waals surface area contributed by atoms with Crippen LogP contribution >= 0.6 is 0 Å². The molecule has 1 saturated heterocycles. The van der Waals surface area contributed by atoms with Crippen LogP contribution in [-0.2, 0) is 19.1 Å². The number of amides is 2. The molecule has 1 aliphatic heterocycles. The average Bonchev–Trinajstić information content (AvgIpc) is 2.42. The molecule has 0 aromatic carbocycles. The standard InChI is InChI=1S/C17H26N2O4/c1-15(2,3)12(20)18-5-7-19(8-6-18)13(21)16-9-17(10-16,11-16)14(22)23-4/h5-11H2,1-4H3. The molecule has 6 heteroatoms. The van der Waals surface area contributed by atoms with Gasteiger partial charge >= 0.3 is 5.97 Å². The molecule has 0 N–H and O–H groups in total. The second-order valence-electron chi connectivity index (χ2n) is 8.42. The number of esters is 1. The molecule has 4 rings (SSSR count). The van der Waals surface area contributed by atoms with Gasteiger partial charge in [0.05, 0.1) is 17.9 Å². The summed E-state index contributed by atoms with van der Waals surface area (Å²) in [6, 6.07) is 0. The molecule has 0 atom stereocenters. The molecule has 0 radical (unpaired) electrons. The van der Waals surface area contributed by atoms with E-state index in [1.165, 1.54) is 7.11 Å². The second kappa shape index (κ2) is 4.95. The van der Waals surface area contributed by atoms with Crippen molar-refractivity contribution in [1.29, 1.82) is 0 Å². The van der Waals surface area contributed by atoms with Crippen molar-refractivity contribution in [2.45, 2.75) is 40.0 Å². The van der Waals surface area contributed by atoms with Crippen LogP contribution in [0.1, 0.15) is 40.0 Å². The number of hydrogen-bond donors (Lipinski definition) is 0. The Kier molecular flexibility index (Phi) is 3.50. The number of nitrogens with zero attached hydrogens (tertiary/aromatic N) is 2. The minimum atomic E-state index is -0.382. The van der Waals surface area contributed by atoms with E-state index in [1.807, 2.05) is 30.6 Å². The first kappa shape index (κ1) is 16.3. The summed E-state index contributed by atoms with van der Waals surface area (Å²) in [7, 11) is 1.41. The SMILES string of the molecule is COC(=O)C12CC(C(=O)N3CCN(C(=O)C(C)(C)C)CC3)(C1)C2. The van der Waals surface area contributed by atoms with E-state index >= 15 is 0 Å². The van der Waals surface area contributed by atoms with Gasteiger partial charge in [-0.15, -0.1) is 0 Å². The third-order valence-electron chi connectivity index (χ3n) is 5.60. The quantitative estimate of drug-likeness (QED) is 0.713. The molecular formula is C17H26N2O4. The highest BCUT2D eigenvalue weighted by atomic mass is 16.5. The number of hydrogen-bond acceptors (Lipinski definition) is 4. The second-order valence-corrected chi connectivity index (χ2v) is 8.42. The number of methoxy groups -OCH3 is 1. The van der Waals surface area contributed by atoms with E-state index < -0.39 is 0 Å². The van der Waals surface area contributed by atoms with E-state index in [0.29, 0.717) is 45.4 Å². The Bertz CT molecular complexity index is 536. The third-order valence-corrected chi connectivity index (χ3v) is 5.60. The van der Waals surface area contributed by atoms with Gasteiger partial charge in [-0.1, -0.05) is 20.8 Å². The van der Waals surface area contributed by atoms with E-state index in [4.69, 9.17) is 4.74 Å². The molecule has 2 amide bonds. The molecule has 3 saturated carbocycles. The van der Waals surface area contributed by atoms with Gasteiger partial charge in [0.2, 0.25) is 11.8 Å². The molecule has 0 unspecified atom stereocenters. The van der Waals surface area contributed by atoms with Crippen LogP contribution in [0, 0.1) is 16.2 Å². The Balaban J connectivity index is 1.53. The molecule has 6 nitrogen and oxygen atoms in total. The maximum absolute atomic E-state index is 12.7. The van der Waals surface area contributed by atoms with Crippen molar-refractivity contribution in [3.63, 3.8) is 0 Å². The maximum atomic E-state index is 12.7. The number of rotatable bonds is 2. The van der Waals surface area contributed by atoms with Gasteiger partial charge in [-0.3, -0.25) is 14.4 Å². The monoisotopic (exact) mass is 322 g/mol. The largest absolute Gasteiger partial charge is 0.469 e. The van der Waals surface area contributed by atoms with Crippen molar-refractivity contribution in [3.8, 4) is 0 Å². The Hall–Kier alpha value is -1.59. The molecule has 0 aromatic heterocycles. The first-order chi connectivity index (χ1) is 10.6. The lowest BCUT2D eigenvalue weighted by Crippen LogP contribution is -2.72. The molecule has 2 bridgehead atoms. The van der Waals surface area contributed by atoms with Crippen molar-refractivity contribution >= 4 is 17.8 Å². The first-order valence-corrected chi connectivity index (χ1v) is 8.31. The van der Waals surface area contributed by atoms with Gasteiger partial charge < -0.3 is 14.5 Å². The molecule has 1 heterocycles. The van der Waals surface area contributed by atoms with Crippen LogP contribution in [0.5, 0.6) is 0 Å². The van der Waals surface area contributed by atoms with E-state index in [-0.39, 0.29) is 34.0 Å². The summed E-state index contributed by atoms with van der Waals surface area (Å²) in [6.07, 6.45) is 1.89. The summed E-state index contributed by atoms with van der Waals surface area (Å²) in [5.74, 6) is 0.124. The highest BCUT2D eigenvalue weighted by molar-refractivity contribution is 5.94. The smallest absolute Gasteiger partial charge is 0.311 e. The fourth-order valence-corrected chi connectivity index (χ4v) is 4.37. The number of carbonyl (C=O) groups is 3. The summed E-state index contributed by atoms with van der Waals surface area (Å²) >= 11 is 0. The first-order valence-electron chi connectivity index (χ1n) is 8.31. The van der Waals surface area contributed by atoms with Gasteiger partial charge in [-0.25, -0.2) is 0 Å². The van der Waals surface area contributed by atoms with Gasteiger partial charge in [0, 0.05) is 31.6 Å². The van der Waals surface area contributed by atoms with Crippen LogP contribution in [0.25, 0.3) is 0 Å². The molecule has 0 aromatic rings. The minimum absolute atomic E-state index is 0.139. The van der Waals surface area contributed by atoms with Crippen LogP contribution in [0.3, 0.4) is 0 Å². The molecule has 0 spiro atoms. The summed E-state index contributed by atoms with van der Waals surface area (Å²) < 4.78 is 4.83. The number of carbonyl (C=O) groups excluding carboxylic acids is 3. The molecule has 23 heavy (non-hydrogen) atoms. The van der Waals surface area contributed by atoms with Gasteiger partial charge in [0.25, 0.3) is 0 Å². The van der Waals surface area contributed by atoms with Crippen LogP contribution in [0.2, 0.25) is 0 Å². The molecular weight excluding hydrogens is 296 g/mol. The zero-order valence-electron chi connectivity index (χ0n) is 14.5. The normalized spacial score (nSPS) is 32.7. The lowest BCUT2D eigenvalue weighted by Gasteiger charge is -2.67. The van der Waals surface area contributed by atoms with Crippen molar-refractivity contribution in [3.05, 3.63) is 0 Å². The molecule has 128 valence electrons. The lowest BCUT2D eigenvalue weighted by molar-refractivity contribution is -0.229. The van der Waals surface area contributed by atoms with Gasteiger partial charge in [-0.05, 0) is 19.3 Å². The predicted molar refractivity (Wildman–Crippen MR) is 83.3 cm³/mol. The van der Waals surface area contributed by atoms with E-state index in [2.05, 4.69) is 0 Å². The topological polar surface area (TPSA) is 66.9 Å². The highest BCUT2D eigenvalue weighted by Crippen LogP contribution is 2.74. The van der Waals surface area contributed by atoms with Crippen LogP contribution in [-0.4, -0.2) is 60.9 Å².